The SMILES string of the molecule is CN1CCC(=C2c3ccccc3Oc3ccc4ccccc4c32)CC1. The summed E-state index contributed by atoms with van der Waals surface area (Å²) in [5.41, 5.74) is 5.48. The van der Waals surface area contributed by atoms with E-state index in [1.807, 2.05) is 0 Å². The Bertz CT molecular complexity index is 992. The molecular formula is C23H21NO. The van der Waals surface area contributed by atoms with Gasteiger partial charge in [0.25, 0.3) is 0 Å². The molecule has 0 saturated carbocycles. The van der Waals surface area contributed by atoms with Gasteiger partial charge in [0.15, 0.2) is 0 Å². The predicted octanol–water partition coefficient (Wildman–Crippen LogP) is 5.47. The third-order valence-electron chi connectivity index (χ3n) is 5.46. The van der Waals surface area contributed by atoms with E-state index in [0.29, 0.717) is 0 Å². The molecule has 124 valence electrons. The van der Waals surface area contributed by atoms with E-state index in [9.17, 15) is 0 Å². The van der Waals surface area contributed by atoms with Gasteiger partial charge in [-0.3, -0.25) is 0 Å². The summed E-state index contributed by atoms with van der Waals surface area (Å²) in [4.78, 5) is 2.42. The number of rotatable bonds is 0. The van der Waals surface area contributed by atoms with E-state index in [0.717, 1.165) is 37.4 Å². The van der Waals surface area contributed by atoms with Crippen molar-refractivity contribution in [2.24, 2.45) is 0 Å². The second kappa shape index (κ2) is 5.75. The van der Waals surface area contributed by atoms with E-state index < -0.39 is 0 Å². The Balaban J connectivity index is 1.83. The number of ether oxygens (including phenoxy) is 1. The van der Waals surface area contributed by atoms with Gasteiger partial charge in [-0.15, -0.1) is 0 Å². The standard InChI is InChI=1S/C23H21NO/c1-24-14-12-17(13-15-24)22-19-8-4-5-9-20(19)25-21-11-10-16-6-2-3-7-18(16)23(21)22/h2-11H,12-15H2,1H3. The van der Waals surface area contributed by atoms with Crippen molar-refractivity contribution in [3.05, 3.63) is 77.4 Å². The molecule has 0 bridgehead atoms. The van der Waals surface area contributed by atoms with E-state index >= 15 is 0 Å². The number of piperidine rings is 1. The molecule has 0 aromatic heterocycles. The van der Waals surface area contributed by atoms with Crippen LogP contribution in [0.1, 0.15) is 24.0 Å². The van der Waals surface area contributed by atoms with Crippen LogP contribution in [0.5, 0.6) is 11.5 Å². The van der Waals surface area contributed by atoms with Crippen LogP contribution in [0.2, 0.25) is 0 Å². The van der Waals surface area contributed by atoms with Crippen LogP contribution >= 0.6 is 0 Å². The summed E-state index contributed by atoms with van der Waals surface area (Å²) in [6.45, 7) is 2.25. The summed E-state index contributed by atoms with van der Waals surface area (Å²) in [7, 11) is 2.21. The second-order valence-corrected chi connectivity index (χ2v) is 7.04. The summed E-state index contributed by atoms with van der Waals surface area (Å²) < 4.78 is 6.28. The Labute approximate surface area is 148 Å². The molecule has 1 fully saturated rings. The highest BCUT2D eigenvalue weighted by Crippen LogP contribution is 2.48. The average Bonchev–Trinajstić information content (AvgIpc) is 2.67. The summed E-state index contributed by atoms with van der Waals surface area (Å²) in [6, 6.07) is 21.4. The zero-order chi connectivity index (χ0) is 16.8. The molecule has 0 radical (unpaired) electrons. The molecule has 0 amide bonds. The van der Waals surface area contributed by atoms with E-state index in [4.69, 9.17) is 4.74 Å². The van der Waals surface area contributed by atoms with Gasteiger partial charge < -0.3 is 9.64 Å². The van der Waals surface area contributed by atoms with Gasteiger partial charge in [-0.05, 0) is 48.4 Å². The molecule has 2 aliphatic heterocycles. The summed E-state index contributed by atoms with van der Waals surface area (Å²) >= 11 is 0. The van der Waals surface area contributed by atoms with Gasteiger partial charge in [0.1, 0.15) is 11.5 Å². The number of hydrogen-bond acceptors (Lipinski definition) is 2. The first-order valence-electron chi connectivity index (χ1n) is 9.01. The maximum atomic E-state index is 6.28. The van der Waals surface area contributed by atoms with Crippen molar-refractivity contribution in [2.45, 2.75) is 12.8 Å². The highest BCUT2D eigenvalue weighted by Gasteiger charge is 2.27. The van der Waals surface area contributed by atoms with Crippen LogP contribution in [0.25, 0.3) is 16.3 Å². The molecule has 0 aliphatic carbocycles. The maximum Gasteiger partial charge on any atom is 0.135 e. The van der Waals surface area contributed by atoms with Crippen LogP contribution in [-0.2, 0) is 0 Å². The van der Waals surface area contributed by atoms with Crippen LogP contribution in [0.15, 0.2) is 66.2 Å². The van der Waals surface area contributed by atoms with Crippen molar-refractivity contribution < 1.29 is 4.74 Å². The third-order valence-corrected chi connectivity index (χ3v) is 5.46. The van der Waals surface area contributed by atoms with Crippen LogP contribution < -0.4 is 4.74 Å². The van der Waals surface area contributed by atoms with Crippen LogP contribution in [0, 0.1) is 0 Å². The lowest BCUT2D eigenvalue weighted by atomic mass is 9.84. The van der Waals surface area contributed by atoms with Crippen molar-refractivity contribution in [3.8, 4) is 11.5 Å². The summed E-state index contributed by atoms with van der Waals surface area (Å²) in [5, 5.41) is 2.56. The highest BCUT2D eigenvalue weighted by molar-refractivity contribution is 6.03. The van der Waals surface area contributed by atoms with Crippen molar-refractivity contribution in [2.75, 3.05) is 20.1 Å². The second-order valence-electron chi connectivity index (χ2n) is 7.04. The molecule has 3 aromatic carbocycles. The molecule has 0 atom stereocenters. The molecule has 0 N–H and O–H groups in total. The number of para-hydroxylation sites is 1. The monoisotopic (exact) mass is 327 g/mol. The Hall–Kier alpha value is -2.58. The first kappa shape index (κ1) is 14.7. The molecule has 3 aromatic rings. The first-order chi connectivity index (χ1) is 12.3. The van der Waals surface area contributed by atoms with Crippen molar-refractivity contribution in [1.29, 1.82) is 0 Å². The van der Waals surface area contributed by atoms with Crippen LogP contribution in [0.3, 0.4) is 0 Å². The molecule has 25 heavy (non-hydrogen) atoms. The quantitative estimate of drug-likeness (QED) is 0.424. The van der Waals surface area contributed by atoms with Gasteiger partial charge in [0.05, 0.1) is 0 Å². The van der Waals surface area contributed by atoms with Crippen molar-refractivity contribution >= 4 is 16.3 Å². The van der Waals surface area contributed by atoms with Gasteiger partial charge in [-0.25, -0.2) is 0 Å². The number of hydrogen-bond donors (Lipinski definition) is 0. The van der Waals surface area contributed by atoms with Crippen LogP contribution in [0.4, 0.5) is 0 Å². The molecule has 2 aliphatic rings. The zero-order valence-corrected chi connectivity index (χ0v) is 14.5. The Morgan fingerprint density at radius 3 is 2.44 bits per heavy atom. The Kier molecular flexibility index (Phi) is 3.39. The summed E-state index contributed by atoms with van der Waals surface area (Å²) in [6.07, 6.45) is 2.26. The van der Waals surface area contributed by atoms with Gasteiger partial charge in [-0.1, -0.05) is 54.1 Å². The van der Waals surface area contributed by atoms with Gasteiger partial charge >= 0.3 is 0 Å². The highest BCUT2D eigenvalue weighted by atomic mass is 16.5. The fourth-order valence-corrected chi connectivity index (χ4v) is 4.12. The molecule has 1 saturated heterocycles. The molecule has 0 unspecified atom stereocenters. The fourth-order valence-electron chi connectivity index (χ4n) is 4.12. The molecular weight excluding hydrogens is 306 g/mol. The van der Waals surface area contributed by atoms with E-state index in [-0.39, 0.29) is 0 Å². The van der Waals surface area contributed by atoms with E-state index in [1.165, 1.54) is 27.5 Å². The normalized spacial score (nSPS) is 17.2. The number of fused-ring (bicyclic) bond motifs is 4. The topological polar surface area (TPSA) is 12.5 Å². The van der Waals surface area contributed by atoms with Crippen LogP contribution in [-0.4, -0.2) is 25.0 Å². The maximum absolute atomic E-state index is 6.28. The number of benzene rings is 3. The average molecular weight is 327 g/mol. The third kappa shape index (κ3) is 2.37. The lowest BCUT2D eigenvalue weighted by Gasteiger charge is -2.31. The van der Waals surface area contributed by atoms with E-state index in [1.54, 1.807) is 5.57 Å². The fraction of sp³-hybridized carbons (Fsp3) is 0.217. The van der Waals surface area contributed by atoms with E-state index in [2.05, 4.69) is 72.6 Å². The van der Waals surface area contributed by atoms with Crippen molar-refractivity contribution in [3.63, 3.8) is 0 Å². The van der Waals surface area contributed by atoms with Gasteiger partial charge in [-0.2, -0.15) is 0 Å². The number of nitrogens with zero attached hydrogens (tertiary/aromatic N) is 1. The molecule has 2 nitrogen and oxygen atoms in total. The van der Waals surface area contributed by atoms with Crippen molar-refractivity contribution in [1.82, 2.24) is 4.90 Å². The molecule has 5 rings (SSSR count). The Morgan fingerprint density at radius 1 is 0.800 bits per heavy atom. The predicted molar refractivity (Wildman–Crippen MR) is 103 cm³/mol. The summed E-state index contributed by atoms with van der Waals surface area (Å²) in [5.74, 6) is 1.96. The lowest BCUT2D eigenvalue weighted by molar-refractivity contribution is 0.313. The molecule has 0 spiro atoms. The minimum absolute atomic E-state index is 0.978. The number of likely N-dealkylation sites (tertiary alicyclic amines) is 1. The largest absolute Gasteiger partial charge is 0.456 e. The Morgan fingerprint density at radius 2 is 1.56 bits per heavy atom. The minimum atomic E-state index is 0.978. The lowest BCUT2D eigenvalue weighted by Crippen LogP contribution is -2.27. The van der Waals surface area contributed by atoms with Gasteiger partial charge in [0.2, 0.25) is 0 Å². The molecule has 2 heteroatoms. The van der Waals surface area contributed by atoms with Gasteiger partial charge in [0, 0.05) is 24.2 Å². The zero-order valence-electron chi connectivity index (χ0n) is 14.5. The first-order valence-corrected chi connectivity index (χ1v) is 9.01. The smallest absolute Gasteiger partial charge is 0.135 e. The molecule has 2 heterocycles. The minimum Gasteiger partial charge on any atom is -0.456 e.